The van der Waals surface area contributed by atoms with E-state index in [1.54, 1.807) is 36.4 Å². The Labute approximate surface area is 128 Å². The molecule has 5 heteroatoms. The molecule has 2 aromatic carbocycles. The van der Waals surface area contributed by atoms with Gasteiger partial charge in [0, 0.05) is 5.02 Å². The molecule has 0 saturated heterocycles. The molecule has 0 aliphatic heterocycles. The quantitative estimate of drug-likeness (QED) is 0.629. The number of benzene rings is 2. The maximum Gasteiger partial charge on any atom is 0.337 e. The summed E-state index contributed by atoms with van der Waals surface area (Å²) in [5, 5.41) is 2.30. The van der Waals surface area contributed by atoms with Crippen molar-refractivity contribution < 1.29 is 14.4 Å². The van der Waals surface area contributed by atoms with Gasteiger partial charge >= 0.3 is 5.97 Å². The van der Waals surface area contributed by atoms with Gasteiger partial charge in [-0.05, 0) is 48.9 Å². The van der Waals surface area contributed by atoms with E-state index in [0.29, 0.717) is 10.6 Å². The molecule has 0 spiro atoms. The van der Waals surface area contributed by atoms with Crippen LogP contribution < -0.4 is 5.06 Å². The van der Waals surface area contributed by atoms with Crippen molar-refractivity contribution in [2.45, 2.75) is 6.92 Å². The van der Waals surface area contributed by atoms with Crippen LogP contribution in [0, 0.1) is 6.92 Å². The van der Waals surface area contributed by atoms with E-state index >= 15 is 0 Å². The average molecular weight is 306 g/mol. The second kappa shape index (κ2) is 6.61. The van der Waals surface area contributed by atoms with Gasteiger partial charge in [-0.25, -0.2) is 9.86 Å². The first kappa shape index (κ1) is 15.4. The summed E-state index contributed by atoms with van der Waals surface area (Å²) < 4.78 is 4.73. The zero-order chi connectivity index (χ0) is 15.4. The van der Waals surface area contributed by atoms with E-state index in [1.165, 1.54) is 7.11 Å². The van der Waals surface area contributed by atoms with Crippen LogP contribution in [0.5, 0.6) is 0 Å². The molecule has 0 bridgehead atoms. The first-order chi connectivity index (χ1) is 10.1. The fourth-order valence-corrected chi connectivity index (χ4v) is 2.29. The van der Waals surface area contributed by atoms with Crippen LogP contribution >= 0.6 is 11.6 Å². The van der Waals surface area contributed by atoms with E-state index in [9.17, 15) is 4.79 Å². The number of anilines is 2. The highest BCUT2D eigenvalue weighted by Crippen LogP contribution is 2.30. The first-order valence-electron chi connectivity index (χ1n) is 6.35. The molecule has 2 aromatic rings. The Balaban J connectivity index is 2.44. The zero-order valence-electron chi connectivity index (χ0n) is 12.1. The van der Waals surface area contributed by atoms with Gasteiger partial charge in [-0.3, -0.25) is 4.84 Å². The molecular formula is C16H16ClNO3. The fourth-order valence-electron chi connectivity index (χ4n) is 2.07. The molecule has 0 saturated carbocycles. The van der Waals surface area contributed by atoms with E-state index in [1.807, 2.05) is 25.1 Å². The second-order valence-corrected chi connectivity index (χ2v) is 4.89. The van der Waals surface area contributed by atoms with Crippen LogP contribution in [-0.2, 0) is 9.57 Å². The Bertz CT molecular complexity index is 658. The number of ether oxygens (including phenoxy) is 1. The third-order valence-corrected chi connectivity index (χ3v) is 3.30. The second-order valence-electron chi connectivity index (χ2n) is 4.45. The largest absolute Gasteiger partial charge is 0.465 e. The molecule has 0 unspecified atom stereocenters. The number of hydrogen-bond acceptors (Lipinski definition) is 4. The van der Waals surface area contributed by atoms with E-state index in [0.717, 1.165) is 16.9 Å². The summed E-state index contributed by atoms with van der Waals surface area (Å²) in [6.07, 6.45) is 0. The smallest absolute Gasteiger partial charge is 0.337 e. The number of aryl methyl sites for hydroxylation is 1. The Morgan fingerprint density at radius 3 is 2.52 bits per heavy atom. The van der Waals surface area contributed by atoms with Gasteiger partial charge in [0.15, 0.2) is 0 Å². The van der Waals surface area contributed by atoms with Gasteiger partial charge in [0.05, 0.1) is 31.2 Å². The predicted octanol–water partition coefficient (Wildman–Crippen LogP) is 4.13. The van der Waals surface area contributed by atoms with Crippen molar-refractivity contribution in [1.29, 1.82) is 0 Å². The molecular weight excluding hydrogens is 290 g/mol. The third-order valence-electron chi connectivity index (χ3n) is 3.06. The Hall–Kier alpha value is -2.04. The number of esters is 1. The molecule has 0 fully saturated rings. The van der Waals surface area contributed by atoms with E-state index in [-0.39, 0.29) is 5.97 Å². The van der Waals surface area contributed by atoms with Crippen LogP contribution in [0.3, 0.4) is 0 Å². The minimum absolute atomic E-state index is 0.388. The van der Waals surface area contributed by atoms with Crippen LogP contribution in [0.1, 0.15) is 15.9 Å². The van der Waals surface area contributed by atoms with Crippen LogP contribution in [0.15, 0.2) is 42.5 Å². The Morgan fingerprint density at radius 1 is 1.14 bits per heavy atom. The number of halogens is 1. The molecule has 0 aromatic heterocycles. The topological polar surface area (TPSA) is 38.8 Å². The van der Waals surface area contributed by atoms with E-state index in [2.05, 4.69) is 0 Å². The summed E-state index contributed by atoms with van der Waals surface area (Å²) >= 11 is 5.98. The van der Waals surface area contributed by atoms with Crippen molar-refractivity contribution in [2.24, 2.45) is 0 Å². The number of nitrogens with zero attached hydrogens (tertiary/aromatic N) is 1. The number of methoxy groups -OCH3 is 1. The average Bonchev–Trinajstić information content (AvgIpc) is 2.49. The Morgan fingerprint density at radius 2 is 1.90 bits per heavy atom. The summed E-state index contributed by atoms with van der Waals surface area (Å²) in [6, 6.07) is 12.5. The summed E-state index contributed by atoms with van der Waals surface area (Å²) in [4.78, 5) is 17.1. The lowest BCUT2D eigenvalue weighted by Gasteiger charge is -2.24. The molecule has 0 heterocycles. The highest BCUT2D eigenvalue weighted by Gasteiger charge is 2.14. The third kappa shape index (κ3) is 3.35. The van der Waals surface area contributed by atoms with Crippen molar-refractivity contribution in [2.75, 3.05) is 19.3 Å². The van der Waals surface area contributed by atoms with Gasteiger partial charge in [-0.2, -0.15) is 0 Å². The summed E-state index contributed by atoms with van der Waals surface area (Å²) in [7, 11) is 2.92. The lowest BCUT2D eigenvalue weighted by Crippen LogP contribution is -2.16. The van der Waals surface area contributed by atoms with Gasteiger partial charge in [-0.1, -0.05) is 17.7 Å². The molecule has 21 heavy (non-hydrogen) atoms. The van der Waals surface area contributed by atoms with Crippen molar-refractivity contribution in [3.8, 4) is 0 Å². The molecule has 4 nitrogen and oxygen atoms in total. The van der Waals surface area contributed by atoms with Gasteiger partial charge < -0.3 is 4.74 Å². The minimum Gasteiger partial charge on any atom is -0.465 e. The molecule has 0 N–H and O–H groups in total. The Kier molecular flexibility index (Phi) is 4.83. The molecule has 0 radical (unpaired) electrons. The molecule has 2 rings (SSSR count). The molecule has 0 atom stereocenters. The molecule has 0 aliphatic carbocycles. The monoisotopic (exact) mass is 305 g/mol. The van der Waals surface area contributed by atoms with Crippen LogP contribution in [0.2, 0.25) is 5.02 Å². The maximum atomic E-state index is 11.6. The van der Waals surface area contributed by atoms with Crippen molar-refractivity contribution in [3.05, 3.63) is 58.6 Å². The maximum absolute atomic E-state index is 11.6. The number of carbonyl (C=O) groups excluding carboxylic acids is 1. The number of hydrogen-bond donors (Lipinski definition) is 0. The fraction of sp³-hybridized carbons (Fsp3) is 0.188. The number of rotatable bonds is 4. The normalized spacial score (nSPS) is 10.3. The highest BCUT2D eigenvalue weighted by atomic mass is 35.5. The van der Waals surface area contributed by atoms with E-state index < -0.39 is 0 Å². The van der Waals surface area contributed by atoms with Crippen molar-refractivity contribution in [1.82, 2.24) is 0 Å². The molecule has 110 valence electrons. The lowest BCUT2D eigenvalue weighted by molar-refractivity contribution is 0.0600. The van der Waals surface area contributed by atoms with Crippen LogP contribution in [-0.4, -0.2) is 20.2 Å². The SMILES string of the molecule is COC(=O)c1cccc(N(OC)c2ccc(Cl)cc2C)c1. The highest BCUT2D eigenvalue weighted by molar-refractivity contribution is 6.30. The summed E-state index contributed by atoms with van der Waals surface area (Å²) in [5.74, 6) is -0.388. The van der Waals surface area contributed by atoms with Gasteiger partial charge in [0.1, 0.15) is 0 Å². The standard InChI is InChI=1S/C16H16ClNO3/c1-11-9-13(17)7-8-15(11)18(21-3)14-6-4-5-12(10-14)16(19)20-2/h4-10H,1-3H3. The molecule has 0 amide bonds. The summed E-state index contributed by atoms with van der Waals surface area (Å²) in [6.45, 7) is 1.94. The van der Waals surface area contributed by atoms with E-state index in [4.69, 9.17) is 21.2 Å². The number of carbonyl (C=O) groups is 1. The minimum atomic E-state index is -0.388. The van der Waals surface area contributed by atoms with Crippen molar-refractivity contribution >= 4 is 28.9 Å². The van der Waals surface area contributed by atoms with Crippen molar-refractivity contribution in [3.63, 3.8) is 0 Å². The lowest BCUT2D eigenvalue weighted by atomic mass is 10.1. The van der Waals surface area contributed by atoms with Gasteiger partial charge in [-0.15, -0.1) is 0 Å². The zero-order valence-corrected chi connectivity index (χ0v) is 12.8. The molecule has 0 aliphatic rings. The van der Waals surface area contributed by atoms with Crippen LogP contribution in [0.25, 0.3) is 0 Å². The summed E-state index contributed by atoms with van der Waals surface area (Å²) in [5.41, 5.74) is 3.01. The predicted molar refractivity (Wildman–Crippen MR) is 83.1 cm³/mol. The van der Waals surface area contributed by atoms with Gasteiger partial charge in [0.25, 0.3) is 0 Å². The van der Waals surface area contributed by atoms with Crippen LogP contribution in [0.4, 0.5) is 11.4 Å². The first-order valence-corrected chi connectivity index (χ1v) is 6.73. The van der Waals surface area contributed by atoms with Gasteiger partial charge in [0.2, 0.25) is 0 Å².